The van der Waals surface area contributed by atoms with Gasteiger partial charge in [-0.05, 0) is 26.0 Å². The zero-order chi connectivity index (χ0) is 23.5. The van der Waals surface area contributed by atoms with Gasteiger partial charge in [0.25, 0.3) is 5.91 Å². The van der Waals surface area contributed by atoms with Crippen molar-refractivity contribution in [3.8, 4) is 11.5 Å². The summed E-state index contributed by atoms with van der Waals surface area (Å²) in [6.45, 7) is 1.75. The molecule has 0 aliphatic carbocycles. The Labute approximate surface area is 178 Å². The first-order chi connectivity index (χ1) is 14.4. The van der Waals surface area contributed by atoms with Crippen LogP contribution in [0.15, 0.2) is 18.2 Å². The Kier molecular flexibility index (Phi) is 7.07. The molecule has 0 bridgehead atoms. The van der Waals surface area contributed by atoms with Crippen LogP contribution < -0.4 is 10.9 Å². The fourth-order valence-corrected chi connectivity index (χ4v) is 3.59. The van der Waals surface area contributed by atoms with E-state index in [4.69, 9.17) is 4.74 Å². The SMILES string of the molecule is C[C@@H]1CC(=O)N1[C@@H](C(=O)O)[C@](C)(COC(=O)NNC(=O)c1cccc(O)c1O)S(=O)O. The lowest BCUT2D eigenvalue weighted by atomic mass is 9.92. The lowest BCUT2D eigenvalue weighted by Gasteiger charge is -2.47. The van der Waals surface area contributed by atoms with Crippen molar-refractivity contribution >= 4 is 35.0 Å². The van der Waals surface area contributed by atoms with E-state index in [-0.39, 0.29) is 12.0 Å². The minimum absolute atomic E-state index is 0.0766. The third-order valence-corrected chi connectivity index (χ3v) is 5.89. The molecule has 1 unspecified atom stereocenters. The van der Waals surface area contributed by atoms with Crippen LogP contribution in [0.5, 0.6) is 11.5 Å². The second kappa shape index (κ2) is 9.18. The lowest BCUT2D eigenvalue weighted by molar-refractivity contribution is -0.163. The number of phenols is 2. The molecular weight excluding hydrogens is 438 g/mol. The third-order valence-electron chi connectivity index (χ3n) is 4.75. The van der Waals surface area contributed by atoms with Crippen molar-refractivity contribution in [3.05, 3.63) is 23.8 Å². The molecule has 14 heteroatoms. The molecule has 1 fully saturated rings. The minimum Gasteiger partial charge on any atom is -0.504 e. The molecule has 0 saturated carbocycles. The number of β-lactam (4-membered cyclic amide) rings is 1. The number of aliphatic carboxylic acids is 1. The van der Waals surface area contributed by atoms with Gasteiger partial charge < -0.3 is 29.5 Å². The number of phenolic OH excluding ortho intramolecular Hbond substituents is 2. The van der Waals surface area contributed by atoms with Gasteiger partial charge in [0.2, 0.25) is 5.91 Å². The zero-order valence-electron chi connectivity index (χ0n) is 16.4. The molecule has 0 aromatic heterocycles. The van der Waals surface area contributed by atoms with E-state index in [2.05, 4.69) is 0 Å². The molecule has 31 heavy (non-hydrogen) atoms. The van der Waals surface area contributed by atoms with Crippen LogP contribution in [0.4, 0.5) is 4.79 Å². The van der Waals surface area contributed by atoms with Gasteiger partial charge in [-0.2, -0.15) is 0 Å². The van der Waals surface area contributed by atoms with Gasteiger partial charge >= 0.3 is 12.1 Å². The predicted molar refractivity (Wildman–Crippen MR) is 103 cm³/mol. The number of nitrogens with one attached hydrogen (secondary N) is 2. The molecule has 0 radical (unpaired) electrons. The van der Waals surface area contributed by atoms with Gasteiger partial charge in [0.15, 0.2) is 28.6 Å². The van der Waals surface area contributed by atoms with Crippen LogP contribution >= 0.6 is 0 Å². The molecule has 0 spiro atoms. The number of benzene rings is 1. The van der Waals surface area contributed by atoms with Crippen molar-refractivity contribution in [2.24, 2.45) is 0 Å². The Hall–Kier alpha value is -3.39. The van der Waals surface area contributed by atoms with Crippen LogP contribution in [-0.2, 0) is 25.4 Å². The molecule has 13 nitrogen and oxygen atoms in total. The van der Waals surface area contributed by atoms with Gasteiger partial charge in [-0.25, -0.2) is 19.2 Å². The molecule has 1 aliphatic rings. The van der Waals surface area contributed by atoms with Gasteiger partial charge in [0.1, 0.15) is 11.4 Å². The molecule has 170 valence electrons. The predicted octanol–water partition coefficient (Wildman–Crippen LogP) is -0.477. The molecular formula is C17H21N3O10S. The van der Waals surface area contributed by atoms with Crippen LogP contribution in [0.3, 0.4) is 0 Å². The van der Waals surface area contributed by atoms with Crippen molar-refractivity contribution in [3.63, 3.8) is 0 Å². The number of carboxylic acids is 1. The number of carbonyl (C=O) groups excluding carboxylic acids is 3. The summed E-state index contributed by atoms with van der Waals surface area (Å²) in [6.07, 6.45) is -1.23. The maximum absolute atomic E-state index is 12.0. The molecule has 4 atom stereocenters. The average molecular weight is 459 g/mol. The maximum atomic E-state index is 12.0. The summed E-state index contributed by atoms with van der Waals surface area (Å²) >= 11 is -2.83. The van der Waals surface area contributed by atoms with E-state index in [9.17, 15) is 43.3 Å². The molecule has 1 aromatic carbocycles. The Morgan fingerprint density at radius 3 is 2.48 bits per heavy atom. The maximum Gasteiger partial charge on any atom is 0.426 e. The summed E-state index contributed by atoms with van der Waals surface area (Å²) in [5, 5.41) is 28.6. The summed E-state index contributed by atoms with van der Waals surface area (Å²) in [4.78, 5) is 48.4. The normalized spacial score (nSPS) is 19.4. The second-order valence-electron chi connectivity index (χ2n) is 6.99. The molecule has 1 aromatic rings. The van der Waals surface area contributed by atoms with Crippen molar-refractivity contribution in [2.45, 2.75) is 37.1 Å². The van der Waals surface area contributed by atoms with Crippen LogP contribution in [0.1, 0.15) is 30.6 Å². The number of ether oxygens (including phenoxy) is 1. The van der Waals surface area contributed by atoms with E-state index in [0.717, 1.165) is 24.0 Å². The number of amides is 3. The first-order valence-electron chi connectivity index (χ1n) is 8.79. The van der Waals surface area contributed by atoms with E-state index in [1.807, 2.05) is 10.9 Å². The summed E-state index contributed by atoms with van der Waals surface area (Å²) in [5.41, 5.74) is 3.35. The monoisotopic (exact) mass is 459 g/mol. The second-order valence-corrected chi connectivity index (χ2v) is 8.42. The van der Waals surface area contributed by atoms with Crippen LogP contribution in [0.25, 0.3) is 0 Å². The smallest absolute Gasteiger partial charge is 0.426 e. The zero-order valence-corrected chi connectivity index (χ0v) is 17.2. The number of rotatable bonds is 7. The number of likely N-dealkylation sites (tertiary alicyclic amines) is 1. The van der Waals surface area contributed by atoms with Gasteiger partial charge in [-0.1, -0.05) is 6.07 Å². The average Bonchev–Trinajstić information content (AvgIpc) is 2.69. The van der Waals surface area contributed by atoms with Crippen molar-refractivity contribution < 1.29 is 48.0 Å². The molecule has 1 heterocycles. The Morgan fingerprint density at radius 2 is 1.97 bits per heavy atom. The van der Waals surface area contributed by atoms with Crippen molar-refractivity contribution in [1.29, 1.82) is 0 Å². The fourth-order valence-electron chi connectivity index (χ4n) is 3.02. The van der Waals surface area contributed by atoms with E-state index >= 15 is 0 Å². The van der Waals surface area contributed by atoms with Gasteiger partial charge in [0.05, 0.1) is 5.56 Å². The van der Waals surface area contributed by atoms with Crippen LogP contribution in [-0.4, -0.2) is 76.3 Å². The van der Waals surface area contributed by atoms with Crippen molar-refractivity contribution in [2.75, 3.05) is 6.61 Å². The number of hydrogen-bond acceptors (Lipinski definition) is 8. The molecule has 6 N–H and O–H groups in total. The standard InChI is InChI=1S/C17H21N3O10S/c1-8-6-11(22)20(8)13(15(25)26)17(2,31(28)29)7-30-16(27)19-18-14(24)9-4-3-5-10(21)12(9)23/h3-5,8,13,21,23H,6-7H2,1-2H3,(H,18,24)(H,19,27)(H,25,26)(H,28,29)/t8-,13+,17+/m1/s1. The van der Waals surface area contributed by atoms with Gasteiger partial charge in [0, 0.05) is 12.5 Å². The molecule has 1 saturated heterocycles. The Morgan fingerprint density at radius 1 is 1.32 bits per heavy atom. The van der Waals surface area contributed by atoms with Gasteiger partial charge in [-0.3, -0.25) is 15.0 Å². The Balaban J connectivity index is 2.05. The highest BCUT2D eigenvalue weighted by atomic mass is 32.2. The van der Waals surface area contributed by atoms with Gasteiger partial charge in [-0.15, -0.1) is 0 Å². The van der Waals surface area contributed by atoms with Crippen molar-refractivity contribution in [1.82, 2.24) is 15.8 Å². The van der Waals surface area contributed by atoms with Crippen LogP contribution in [0.2, 0.25) is 0 Å². The lowest BCUT2D eigenvalue weighted by Crippen LogP contribution is -2.68. The highest BCUT2D eigenvalue weighted by molar-refractivity contribution is 7.80. The number of hydrogen-bond donors (Lipinski definition) is 6. The number of hydrazine groups is 1. The largest absolute Gasteiger partial charge is 0.504 e. The summed E-state index contributed by atoms with van der Waals surface area (Å²) in [7, 11) is 0. The summed E-state index contributed by atoms with van der Waals surface area (Å²) < 4.78 is 24.4. The third kappa shape index (κ3) is 4.86. The summed E-state index contributed by atoms with van der Waals surface area (Å²) in [5.74, 6) is -4.38. The number of carboxylic acid groups (broad SMARTS) is 1. The molecule has 1 aliphatic heterocycles. The first-order valence-corrected chi connectivity index (χ1v) is 9.89. The number of aromatic hydroxyl groups is 2. The van der Waals surface area contributed by atoms with Crippen LogP contribution in [0, 0.1) is 0 Å². The first kappa shape index (κ1) is 23.9. The highest BCUT2D eigenvalue weighted by Crippen LogP contribution is 2.32. The van der Waals surface area contributed by atoms with E-state index in [1.54, 1.807) is 6.92 Å². The highest BCUT2D eigenvalue weighted by Gasteiger charge is 2.54. The van der Waals surface area contributed by atoms with E-state index < -0.39 is 69.9 Å². The molecule has 2 rings (SSSR count). The number of nitrogens with zero attached hydrogens (tertiary/aromatic N) is 1. The minimum atomic E-state index is -2.83. The fraction of sp³-hybridized carbons (Fsp3) is 0.412. The van der Waals surface area contributed by atoms with E-state index in [1.165, 1.54) is 6.07 Å². The molecule has 3 amide bonds. The van der Waals surface area contributed by atoms with E-state index in [0.29, 0.717) is 0 Å². The Bertz CT molecular complexity index is 939. The topological polar surface area (TPSA) is 203 Å². The number of para-hydroxylation sites is 1. The quantitative estimate of drug-likeness (QED) is 0.134. The summed E-state index contributed by atoms with van der Waals surface area (Å²) in [6, 6.07) is 1.33. The number of carbonyl (C=O) groups is 4.